The third-order valence-electron chi connectivity index (χ3n) is 5.32. The van der Waals surface area contributed by atoms with Crippen molar-refractivity contribution >= 4 is 35.9 Å². The fraction of sp³-hybridized carbons (Fsp3) is 0.667. The normalized spacial score (nSPS) is 25.5. The number of hydrogen-bond acceptors (Lipinski definition) is 6. The summed E-state index contributed by atoms with van der Waals surface area (Å²) in [5.74, 6) is -3.17. The van der Waals surface area contributed by atoms with Crippen LogP contribution in [0.5, 0.6) is 0 Å². The van der Waals surface area contributed by atoms with Gasteiger partial charge in [-0.2, -0.15) is 0 Å². The molecule has 4 amide bonds. The lowest BCUT2D eigenvalue weighted by Gasteiger charge is -2.43. The second kappa shape index (κ2) is 8.58. The quantitative estimate of drug-likeness (QED) is 0.436. The Labute approximate surface area is 166 Å². The second-order valence-electron chi connectivity index (χ2n) is 7.58. The minimum absolute atomic E-state index is 0.0577. The van der Waals surface area contributed by atoms with Gasteiger partial charge in [-0.1, -0.05) is 0 Å². The monoisotopic (exact) mass is 408 g/mol. The first-order valence-electron chi connectivity index (χ1n) is 9.73. The summed E-state index contributed by atoms with van der Waals surface area (Å²) in [7, 11) is 0. The predicted molar refractivity (Wildman–Crippen MR) is 95.7 cm³/mol. The summed E-state index contributed by atoms with van der Waals surface area (Å²) in [4.78, 5) is 72.4. The van der Waals surface area contributed by atoms with Crippen LogP contribution in [0.4, 0.5) is 0 Å². The van der Waals surface area contributed by atoms with Crippen LogP contribution in [0.2, 0.25) is 0 Å². The second-order valence-corrected chi connectivity index (χ2v) is 7.58. The van der Waals surface area contributed by atoms with Crippen molar-refractivity contribution in [2.45, 2.75) is 63.1 Å². The summed E-state index contributed by atoms with van der Waals surface area (Å²) in [5, 5.41) is 16.2. The first kappa shape index (κ1) is 20.7. The minimum atomic E-state index is -1.25. The number of carboxylic acids is 1. The van der Waals surface area contributed by atoms with Crippen molar-refractivity contribution in [3.05, 3.63) is 0 Å². The summed E-state index contributed by atoms with van der Waals surface area (Å²) in [6.45, 7) is 0.268. The SMILES string of the molecule is O=CC(CC(=O)O)NC(=O)C1CCCN2C(=O)CCC(NC(=O)C3CC3)C(=O)N12. The van der Waals surface area contributed by atoms with Gasteiger partial charge in [0.1, 0.15) is 18.4 Å². The zero-order valence-electron chi connectivity index (χ0n) is 15.8. The van der Waals surface area contributed by atoms with E-state index in [4.69, 9.17) is 5.11 Å². The van der Waals surface area contributed by atoms with E-state index < -0.39 is 42.3 Å². The van der Waals surface area contributed by atoms with Gasteiger partial charge in [0, 0.05) is 18.9 Å². The maximum atomic E-state index is 13.1. The standard InChI is InChI=1S/C18H24N4O7/c23-9-11(8-15(25)26)19-17(28)13-2-1-7-21-14(24)6-5-12(18(29)22(13)21)20-16(27)10-3-4-10/h9-13H,1-8H2,(H,19,28)(H,20,27)(H,25,26). The van der Waals surface area contributed by atoms with Crippen molar-refractivity contribution in [3.63, 3.8) is 0 Å². The van der Waals surface area contributed by atoms with Crippen molar-refractivity contribution in [3.8, 4) is 0 Å². The molecule has 0 aromatic carbocycles. The zero-order valence-corrected chi connectivity index (χ0v) is 15.8. The van der Waals surface area contributed by atoms with E-state index in [0.717, 1.165) is 17.9 Å². The highest BCUT2D eigenvalue weighted by Gasteiger charge is 2.45. The Morgan fingerprint density at radius 3 is 2.48 bits per heavy atom. The van der Waals surface area contributed by atoms with Crippen LogP contribution in [0.25, 0.3) is 0 Å². The third-order valence-corrected chi connectivity index (χ3v) is 5.32. The number of nitrogens with zero attached hydrogens (tertiary/aromatic N) is 2. The number of carbonyl (C=O) groups excluding carboxylic acids is 5. The van der Waals surface area contributed by atoms with Crippen LogP contribution in [-0.2, 0) is 28.8 Å². The molecule has 0 aromatic rings. The van der Waals surface area contributed by atoms with Gasteiger partial charge in [-0.15, -0.1) is 0 Å². The smallest absolute Gasteiger partial charge is 0.305 e. The summed E-state index contributed by atoms with van der Waals surface area (Å²) < 4.78 is 0. The van der Waals surface area contributed by atoms with Gasteiger partial charge in [0.15, 0.2) is 0 Å². The van der Waals surface area contributed by atoms with Crippen molar-refractivity contribution in [2.75, 3.05) is 6.54 Å². The summed E-state index contributed by atoms with van der Waals surface area (Å²) in [6.07, 6.45) is 2.20. The van der Waals surface area contributed by atoms with Crippen LogP contribution in [0.15, 0.2) is 0 Å². The van der Waals surface area contributed by atoms with E-state index in [9.17, 15) is 28.8 Å². The number of carbonyl (C=O) groups is 6. The van der Waals surface area contributed by atoms with Crippen LogP contribution < -0.4 is 10.6 Å². The number of nitrogens with one attached hydrogen (secondary N) is 2. The highest BCUT2D eigenvalue weighted by Crippen LogP contribution is 2.30. The molecule has 158 valence electrons. The Kier molecular flexibility index (Phi) is 6.14. The maximum Gasteiger partial charge on any atom is 0.305 e. The number of amides is 4. The number of carboxylic acid groups (broad SMARTS) is 1. The van der Waals surface area contributed by atoms with E-state index in [1.807, 2.05) is 0 Å². The molecule has 3 unspecified atom stereocenters. The minimum Gasteiger partial charge on any atom is -0.481 e. The summed E-state index contributed by atoms with van der Waals surface area (Å²) in [5.41, 5.74) is 0. The molecule has 3 aliphatic rings. The summed E-state index contributed by atoms with van der Waals surface area (Å²) >= 11 is 0. The number of aldehydes is 1. The molecule has 2 aliphatic heterocycles. The number of hydrazine groups is 1. The van der Waals surface area contributed by atoms with Gasteiger partial charge in [0.05, 0.1) is 12.5 Å². The van der Waals surface area contributed by atoms with Crippen LogP contribution in [0.1, 0.15) is 44.9 Å². The van der Waals surface area contributed by atoms with Crippen molar-refractivity contribution in [1.29, 1.82) is 0 Å². The van der Waals surface area contributed by atoms with Gasteiger partial charge >= 0.3 is 5.97 Å². The molecule has 3 N–H and O–H groups in total. The topological polar surface area (TPSA) is 153 Å². The fourth-order valence-corrected chi connectivity index (χ4v) is 3.64. The molecule has 11 heteroatoms. The van der Waals surface area contributed by atoms with Crippen molar-refractivity contribution < 1.29 is 33.9 Å². The van der Waals surface area contributed by atoms with Crippen LogP contribution in [0, 0.1) is 5.92 Å². The molecule has 0 radical (unpaired) electrons. The molecule has 0 bridgehead atoms. The first-order chi connectivity index (χ1) is 13.8. The molecule has 3 rings (SSSR count). The molecular formula is C18H24N4O7. The average molecular weight is 408 g/mol. The summed E-state index contributed by atoms with van der Waals surface area (Å²) in [6, 6.07) is -3.21. The fourth-order valence-electron chi connectivity index (χ4n) is 3.64. The lowest BCUT2D eigenvalue weighted by Crippen LogP contribution is -2.64. The number of rotatable bonds is 7. The molecule has 2 heterocycles. The highest BCUT2D eigenvalue weighted by atomic mass is 16.4. The zero-order chi connectivity index (χ0) is 21.1. The molecule has 2 saturated heterocycles. The molecular weight excluding hydrogens is 384 g/mol. The van der Waals surface area contributed by atoms with E-state index in [0.29, 0.717) is 12.7 Å². The van der Waals surface area contributed by atoms with Crippen molar-refractivity contribution in [2.24, 2.45) is 5.92 Å². The molecule has 0 spiro atoms. The van der Waals surface area contributed by atoms with Crippen LogP contribution >= 0.6 is 0 Å². The molecule has 0 aromatic heterocycles. The van der Waals surface area contributed by atoms with Gasteiger partial charge in [0.25, 0.3) is 5.91 Å². The molecule has 3 fully saturated rings. The predicted octanol–water partition coefficient (Wildman–Crippen LogP) is -1.43. The van der Waals surface area contributed by atoms with Gasteiger partial charge in [0.2, 0.25) is 17.7 Å². The molecule has 11 nitrogen and oxygen atoms in total. The van der Waals surface area contributed by atoms with Crippen LogP contribution in [0.3, 0.4) is 0 Å². The van der Waals surface area contributed by atoms with E-state index in [-0.39, 0.29) is 43.5 Å². The van der Waals surface area contributed by atoms with Gasteiger partial charge in [-0.05, 0) is 32.1 Å². The Hall–Kier alpha value is -2.98. The Bertz CT molecular complexity index is 736. The lowest BCUT2D eigenvalue weighted by atomic mass is 10.0. The number of aliphatic carboxylic acids is 1. The van der Waals surface area contributed by atoms with Crippen molar-refractivity contribution in [1.82, 2.24) is 20.7 Å². The van der Waals surface area contributed by atoms with E-state index in [2.05, 4.69) is 10.6 Å². The third kappa shape index (κ3) is 4.72. The maximum absolute atomic E-state index is 13.1. The lowest BCUT2D eigenvalue weighted by molar-refractivity contribution is -0.176. The molecule has 1 saturated carbocycles. The van der Waals surface area contributed by atoms with E-state index in [1.165, 1.54) is 5.01 Å². The first-order valence-corrected chi connectivity index (χ1v) is 9.73. The van der Waals surface area contributed by atoms with Gasteiger partial charge in [-0.25, -0.2) is 5.01 Å². The Morgan fingerprint density at radius 1 is 1.14 bits per heavy atom. The largest absolute Gasteiger partial charge is 0.481 e. The Balaban J connectivity index is 1.78. The Morgan fingerprint density at radius 2 is 1.86 bits per heavy atom. The van der Waals surface area contributed by atoms with Gasteiger partial charge in [-0.3, -0.25) is 29.0 Å². The van der Waals surface area contributed by atoms with E-state index in [1.54, 1.807) is 0 Å². The molecule has 1 aliphatic carbocycles. The number of fused-ring (bicyclic) bond motifs is 1. The molecule has 29 heavy (non-hydrogen) atoms. The average Bonchev–Trinajstić information content (AvgIpc) is 3.54. The highest BCUT2D eigenvalue weighted by molar-refractivity contribution is 5.96. The van der Waals surface area contributed by atoms with E-state index >= 15 is 0 Å². The molecule has 3 atom stereocenters. The number of hydrogen-bond donors (Lipinski definition) is 3. The van der Waals surface area contributed by atoms with Gasteiger partial charge < -0.3 is 20.5 Å². The van der Waals surface area contributed by atoms with Crippen LogP contribution in [-0.4, -0.2) is 75.7 Å².